The van der Waals surface area contributed by atoms with Crippen LogP contribution >= 0.6 is 11.6 Å². The number of rotatable bonds is 6. The topological polar surface area (TPSA) is 50.2 Å². The molecule has 1 fully saturated rings. The van der Waals surface area contributed by atoms with Crippen molar-refractivity contribution in [1.82, 2.24) is 19.8 Å². The second-order valence-electron chi connectivity index (χ2n) is 7.85. The molecule has 5 nitrogen and oxygen atoms in total. The van der Waals surface area contributed by atoms with Crippen LogP contribution in [0.4, 0.5) is 0 Å². The monoisotopic (exact) mass is 410 g/mol. The molecule has 1 N–H and O–H groups in total. The fourth-order valence-electron chi connectivity index (χ4n) is 4.11. The summed E-state index contributed by atoms with van der Waals surface area (Å²) in [7, 11) is 0. The van der Waals surface area contributed by atoms with Crippen LogP contribution in [-0.4, -0.2) is 40.0 Å². The maximum atomic E-state index is 12.3. The first-order valence-electron chi connectivity index (χ1n) is 10.2. The molecule has 4 rings (SSSR count). The van der Waals surface area contributed by atoms with Gasteiger partial charge in [-0.3, -0.25) is 9.69 Å². The van der Waals surface area contributed by atoms with Crippen molar-refractivity contribution in [2.45, 2.75) is 32.9 Å². The summed E-state index contributed by atoms with van der Waals surface area (Å²) in [5.74, 6) is 1.75. The average Bonchev–Trinajstić information content (AvgIpc) is 3.04. The maximum Gasteiger partial charge on any atom is 0.234 e. The molecule has 1 amide bonds. The van der Waals surface area contributed by atoms with E-state index in [2.05, 4.69) is 44.9 Å². The van der Waals surface area contributed by atoms with Crippen LogP contribution in [0.5, 0.6) is 0 Å². The van der Waals surface area contributed by atoms with Crippen LogP contribution < -0.4 is 5.32 Å². The van der Waals surface area contributed by atoms with Crippen LogP contribution in [0.25, 0.3) is 11.0 Å². The molecule has 0 unspecified atom stereocenters. The normalized spacial score (nSPS) is 15.7. The number of likely N-dealkylation sites (tertiary alicyclic amines) is 1. The second kappa shape index (κ2) is 8.97. The quantitative estimate of drug-likeness (QED) is 0.667. The summed E-state index contributed by atoms with van der Waals surface area (Å²) in [5, 5.41) is 3.68. The fraction of sp³-hybridized carbons (Fsp3) is 0.391. The molecule has 2 aromatic carbocycles. The number of carbonyl (C=O) groups is 1. The van der Waals surface area contributed by atoms with Crippen molar-refractivity contribution in [3.8, 4) is 0 Å². The van der Waals surface area contributed by atoms with Crippen LogP contribution in [0.3, 0.4) is 0 Å². The Morgan fingerprint density at radius 1 is 1.14 bits per heavy atom. The van der Waals surface area contributed by atoms with Gasteiger partial charge in [0, 0.05) is 18.1 Å². The van der Waals surface area contributed by atoms with Crippen molar-refractivity contribution in [1.29, 1.82) is 0 Å². The third kappa shape index (κ3) is 4.80. The third-order valence-electron chi connectivity index (χ3n) is 5.79. The van der Waals surface area contributed by atoms with Gasteiger partial charge in [-0.1, -0.05) is 41.9 Å². The minimum absolute atomic E-state index is 0.0554. The number of aromatic nitrogens is 2. The van der Waals surface area contributed by atoms with E-state index in [1.54, 1.807) is 0 Å². The number of hydrogen-bond acceptors (Lipinski definition) is 3. The molecule has 0 saturated carbocycles. The number of nitrogens with one attached hydrogen (secondary N) is 1. The van der Waals surface area contributed by atoms with Gasteiger partial charge >= 0.3 is 0 Å². The summed E-state index contributed by atoms with van der Waals surface area (Å²) in [6, 6.07) is 15.9. The summed E-state index contributed by atoms with van der Waals surface area (Å²) in [5.41, 5.74) is 3.23. The van der Waals surface area contributed by atoms with E-state index in [-0.39, 0.29) is 5.91 Å². The molecule has 152 valence electrons. The lowest BCUT2D eigenvalue weighted by Crippen LogP contribution is -2.42. The Morgan fingerprint density at radius 2 is 1.86 bits per heavy atom. The molecule has 0 aliphatic carbocycles. The van der Waals surface area contributed by atoms with Gasteiger partial charge in [0.1, 0.15) is 5.82 Å². The number of para-hydroxylation sites is 2. The maximum absolute atomic E-state index is 12.3. The van der Waals surface area contributed by atoms with E-state index in [0.717, 1.165) is 49.4 Å². The first-order valence-corrected chi connectivity index (χ1v) is 10.6. The van der Waals surface area contributed by atoms with Gasteiger partial charge in [-0.25, -0.2) is 4.98 Å². The molecule has 1 aliphatic heterocycles. The first-order chi connectivity index (χ1) is 14.1. The van der Waals surface area contributed by atoms with E-state index < -0.39 is 0 Å². The Kier molecular flexibility index (Phi) is 6.16. The summed E-state index contributed by atoms with van der Waals surface area (Å²) < 4.78 is 2.34. The zero-order valence-corrected chi connectivity index (χ0v) is 17.5. The molecule has 6 heteroatoms. The predicted molar refractivity (Wildman–Crippen MR) is 117 cm³/mol. The smallest absolute Gasteiger partial charge is 0.234 e. The van der Waals surface area contributed by atoms with E-state index in [1.807, 2.05) is 30.3 Å². The zero-order valence-electron chi connectivity index (χ0n) is 16.8. The lowest BCUT2D eigenvalue weighted by molar-refractivity contribution is -0.122. The summed E-state index contributed by atoms with van der Waals surface area (Å²) in [6.45, 7) is 5.91. The van der Waals surface area contributed by atoms with Crippen LogP contribution in [0, 0.1) is 12.8 Å². The number of nitrogens with zero attached hydrogens (tertiary/aromatic N) is 3. The number of carbonyl (C=O) groups excluding carboxylic acids is 1. The largest absolute Gasteiger partial charge is 0.351 e. The molecule has 0 bridgehead atoms. The van der Waals surface area contributed by atoms with Crippen molar-refractivity contribution < 1.29 is 4.79 Å². The van der Waals surface area contributed by atoms with Gasteiger partial charge in [0.25, 0.3) is 0 Å². The average molecular weight is 411 g/mol. The molecule has 1 saturated heterocycles. The third-order valence-corrected chi connectivity index (χ3v) is 6.16. The number of aryl methyl sites for hydroxylation is 1. The Bertz CT molecular complexity index is 991. The van der Waals surface area contributed by atoms with E-state index in [0.29, 0.717) is 24.0 Å². The minimum atomic E-state index is 0.0554. The van der Waals surface area contributed by atoms with Gasteiger partial charge in [-0.15, -0.1) is 0 Å². The zero-order chi connectivity index (χ0) is 20.2. The van der Waals surface area contributed by atoms with Gasteiger partial charge in [0.15, 0.2) is 0 Å². The van der Waals surface area contributed by atoms with Crippen molar-refractivity contribution in [3.63, 3.8) is 0 Å². The number of hydrogen-bond donors (Lipinski definition) is 1. The second-order valence-corrected chi connectivity index (χ2v) is 8.25. The van der Waals surface area contributed by atoms with Gasteiger partial charge < -0.3 is 9.88 Å². The Morgan fingerprint density at radius 3 is 2.66 bits per heavy atom. The van der Waals surface area contributed by atoms with E-state index >= 15 is 0 Å². The molecule has 0 radical (unpaired) electrons. The van der Waals surface area contributed by atoms with Gasteiger partial charge in [-0.2, -0.15) is 0 Å². The van der Waals surface area contributed by atoms with E-state index in [4.69, 9.17) is 11.6 Å². The highest BCUT2D eigenvalue weighted by Gasteiger charge is 2.22. The highest BCUT2D eigenvalue weighted by Crippen LogP contribution is 2.23. The van der Waals surface area contributed by atoms with Gasteiger partial charge in [0.2, 0.25) is 5.91 Å². The molecule has 3 aromatic rings. The number of benzene rings is 2. The fourth-order valence-corrected chi connectivity index (χ4v) is 4.31. The molecule has 0 atom stereocenters. The van der Waals surface area contributed by atoms with Crippen molar-refractivity contribution in [2.75, 3.05) is 19.6 Å². The minimum Gasteiger partial charge on any atom is -0.351 e. The van der Waals surface area contributed by atoms with Crippen molar-refractivity contribution in [2.24, 2.45) is 5.92 Å². The molecule has 0 spiro atoms. The predicted octanol–water partition coefficient (Wildman–Crippen LogP) is 4.03. The van der Waals surface area contributed by atoms with E-state index in [1.165, 1.54) is 5.52 Å². The van der Waals surface area contributed by atoms with Crippen LogP contribution in [0.1, 0.15) is 24.2 Å². The summed E-state index contributed by atoms with van der Waals surface area (Å²) >= 11 is 6.15. The molecular formula is C23H27ClN4O. The standard InChI is InChI=1S/C23H27ClN4O/c1-17-26-21-8-4-5-9-22(21)28(17)15-18-10-12-27(13-11-18)16-23(29)25-14-19-6-2-3-7-20(19)24/h2-9,18H,10-16H2,1H3,(H,25,29). The van der Waals surface area contributed by atoms with Crippen LogP contribution in [0.15, 0.2) is 48.5 Å². The lowest BCUT2D eigenvalue weighted by Gasteiger charge is -2.32. The number of halogens is 1. The summed E-state index contributed by atoms with van der Waals surface area (Å²) in [6.07, 6.45) is 2.20. The number of amides is 1. The Labute approximate surface area is 176 Å². The summed E-state index contributed by atoms with van der Waals surface area (Å²) in [4.78, 5) is 19.2. The number of piperidine rings is 1. The Balaban J connectivity index is 1.25. The van der Waals surface area contributed by atoms with Crippen molar-refractivity contribution >= 4 is 28.5 Å². The number of fused-ring (bicyclic) bond motifs is 1. The highest BCUT2D eigenvalue weighted by atomic mass is 35.5. The van der Waals surface area contributed by atoms with Gasteiger partial charge in [0.05, 0.1) is 17.6 Å². The number of imidazole rings is 1. The van der Waals surface area contributed by atoms with Crippen LogP contribution in [-0.2, 0) is 17.9 Å². The lowest BCUT2D eigenvalue weighted by atomic mass is 9.96. The molecule has 1 aromatic heterocycles. The van der Waals surface area contributed by atoms with Crippen molar-refractivity contribution in [3.05, 3.63) is 64.9 Å². The van der Waals surface area contributed by atoms with E-state index in [9.17, 15) is 4.79 Å². The molecule has 29 heavy (non-hydrogen) atoms. The van der Waals surface area contributed by atoms with Gasteiger partial charge in [-0.05, 0) is 62.5 Å². The first kappa shape index (κ1) is 19.9. The molecule has 2 heterocycles. The Hall–Kier alpha value is -2.37. The molecule has 1 aliphatic rings. The molecular weight excluding hydrogens is 384 g/mol. The highest BCUT2D eigenvalue weighted by molar-refractivity contribution is 6.31. The SMILES string of the molecule is Cc1nc2ccccc2n1CC1CCN(CC(=O)NCc2ccccc2Cl)CC1. The van der Waals surface area contributed by atoms with Crippen LogP contribution in [0.2, 0.25) is 5.02 Å².